The normalized spacial score (nSPS) is 17.1. The highest BCUT2D eigenvalue weighted by Crippen LogP contribution is 2.33. The molecule has 1 aromatic carbocycles. The molecule has 0 unspecified atom stereocenters. The molecule has 2 aliphatic rings. The molecule has 0 bridgehead atoms. The first-order valence-corrected chi connectivity index (χ1v) is 11.0. The van der Waals surface area contributed by atoms with Crippen LogP contribution >= 0.6 is 0 Å². The summed E-state index contributed by atoms with van der Waals surface area (Å²) in [5, 5.41) is 4.87. The third kappa shape index (κ3) is 3.68. The van der Waals surface area contributed by atoms with Crippen molar-refractivity contribution in [3.8, 4) is 11.3 Å². The van der Waals surface area contributed by atoms with Crippen LogP contribution in [0.1, 0.15) is 24.6 Å². The lowest BCUT2D eigenvalue weighted by atomic mass is 10.1. The van der Waals surface area contributed by atoms with Gasteiger partial charge in [-0.2, -0.15) is 9.61 Å². The maximum atomic E-state index is 13.7. The molecule has 30 heavy (non-hydrogen) atoms. The first-order valence-electron chi connectivity index (χ1n) is 11.0. The molecule has 1 aliphatic carbocycles. The number of aromatic nitrogens is 3. The van der Waals surface area contributed by atoms with Gasteiger partial charge in [0, 0.05) is 62.2 Å². The van der Waals surface area contributed by atoms with Crippen LogP contribution in [0.3, 0.4) is 0 Å². The minimum atomic E-state index is -0.247. The number of anilines is 1. The topological polar surface area (TPSA) is 45.9 Å². The summed E-state index contributed by atoms with van der Waals surface area (Å²) in [5.41, 5.74) is 4.93. The smallest absolute Gasteiger partial charge is 0.158 e. The summed E-state index contributed by atoms with van der Waals surface area (Å²) in [5.74, 6) is 0.933. The van der Waals surface area contributed by atoms with Gasteiger partial charge in [-0.05, 0) is 38.3 Å². The fourth-order valence-corrected chi connectivity index (χ4v) is 4.60. The Balaban J connectivity index is 1.47. The van der Waals surface area contributed by atoms with Crippen LogP contribution in [0.25, 0.3) is 16.9 Å². The van der Waals surface area contributed by atoms with Crippen LogP contribution in [0.15, 0.2) is 30.3 Å². The standard InChI is InChI=1S/C23H28FN5O/c1-2-30-14-13-27-9-11-28(12-10-27)23-19-7-4-8-20(19)25-22-16-21(26-29(22)23)17-5-3-6-18(24)15-17/h3,5-6,15-16H,2,4,7-14H2,1H3. The lowest BCUT2D eigenvalue weighted by molar-refractivity contribution is 0.111. The van der Waals surface area contributed by atoms with Crippen molar-refractivity contribution in [3.63, 3.8) is 0 Å². The predicted octanol–water partition coefficient (Wildman–Crippen LogP) is 3.18. The summed E-state index contributed by atoms with van der Waals surface area (Å²) in [7, 11) is 0. The molecule has 3 aromatic rings. The van der Waals surface area contributed by atoms with Gasteiger partial charge in [0.1, 0.15) is 11.6 Å². The van der Waals surface area contributed by atoms with E-state index in [1.165, 1.54) is 29.2 Å². The summed E-state index contributed by atoms with van der Waals surface area (Å²) in [4.78, 5) is 9.82. The largest absolute Gasteiger partial charge is 0.380 e. The fraction of sp³-hybridized carbons (Fsp3) is 0.478. The first kappa shape index (κ1) is 19.5. The minimum absolute atomic E-state index is 0.247. The Bertz CT molecular complexity index is 1040. The lowest BCUT2D eigenvalue weighted by Gasteiger charge is -2.36. The third-order valence-corrected chi connectivity index (χ3v) is 6.15. The summed E-state index contributed by atoms with van der Waals surface area (Å²) < 4.78 is 21.2. The molecule has 1 fully saturated rings. The highest BCUT2D eigenvalue weighted by atomic mass is 19.1. The molecule has 0 radical (unpaired) electrons. The van der Waals surface area contributed by atoms with E-state index in [0.717, 1.165) is 82.1 Å². The highest BCUT2D eigenvalue weighted by molar-refractivity contribution is 5.67. The van der Waals surface area contributed by atoms with E-state index in [0.29, 0.717) is 0 Å². The van der Waals surface area contributed by atoms with Gasteiger partial charge < -0.3 is 9.64 Å². The fourth-order valence-electron chi connectivity index (χ4n) is 4.60. The van der Waals surface area contributed by atoms with Gasteiger partial charge in [0.2, 0.25) is 0 Å². The Morgan fingerprint density at radius 1 is 1.10 bits per heavy atom. The number of rotatable bonds is 6. The van der Waals surface area contributed by atoms with Crippen molar-refractivity contribution >= 4 is 11.5 Å². The van der Waals surface area contributed by atoms with E-state index in [2.05, 4.69) is 9.80 Å². The van der Waals surface area contributed by atoms with Crippen molar-refractivity contribution in [1.82, 2.24) is 19.5 Å². The molecular weight excluding hydrogens is 381 g/mol. The molecule has 7 heteroatoms. The predicted molar refractivity (Wildman–Crippen MR) is 116 cm³/mol. The molecule has 3 heterocycles. The number of aryl methyl sites for hydroxylation is 1. The maximum absolute atomic E-state index is 13.7. The zero-order valence-electron chi connectivity index (χ0n) is 17.5. The summed E-state index contributed by atoms with van der Waals surface area (Å²) in [6.45, 7) is 8.55. The summed E-state index contributed by atoms with van der Waals surface area (Å²) >= 11 is 0. The van der Waals surface area contributed by atoms with E-state index in [1.54, 1.807) is 6.07 Å². The van der Waals surface area contributed by atoms with Gasteiger partial charge >= 0.3 is 0 Å². The molecule has 0 atom stereocenters. The van der Waals surface area contributed by atoms with Crippen molar-refractivity contribution in [2.45, 2.75) is 26.2 Å². The number of hydrogen-bond donors (Lipinski definition) is 0. The molecular formula is C23H28FN5O. The molecule has 2 aromatic heterocycles. The third-order valence-electron chi connectivity index (χ3n) is 6.15. The van der Waals surface area contributed by atoms with E-state index >= 15 is 0 Å². The lowest BCUT2D eigenvalue weighted by Crippen LogP contribution is -2.48. The number of nitrogens with zero attached hydrogens (tertiary/aromatic N) is 5. The Kier molecular flexibility index (Phi) is 5.39. The van der Waals surface area contributed by atoms with E-state index in [-0.39, 0.29) is 5.82 Å². The van der Waals surface area contributed by atoms with Crippen molar-refractivity contribution in [3.05, 3.63) is 47.4 Å². The van der Waals surface area contributed by atoms with Gasteiger partial charge in [-0.15, -0.1) is 0 Å². The first-order chi connectivity index (χ1) is 14.7. The van der Waals surface area contributed by atoms with Gasteiger partial charge in [-0.3, -0.25) is 4.90 Å². The van der Waals surface area contributed by atoms with Gasteiger partial charge in [-0.25, -0.2) is 9.37 Å². The van der Waals surface area contributed by atoms with Gasteiger partial charge in [0.05, 0.1) is 12.3 Å². The van der Waals surface area contributed by atoms with Gasteiger partial charge in [0.15, 0.2) is 5.65 Å². The molecule has 0 N–H and O–H groups in total. The van der Waals surface area contributed by atoms with E-state index in [9.17, 15) is 4.39 Å². The highest BCUT2D eigenvalue weighted by Gasteiger charge is 2.27. The van der Waals surface area contributed by atoms with E-state index < -0.39 is 0 Å². The maximum Gasteiger partial charge on any atom is 0.158 e. The molecule has 0 spiro atoms. The van der Waals surface area contributed by atoms with E-state index in [4.69, 9.17) is 14.8 Å². The second kappa shape index (κ2) is 8.32. The minimum Gasteiger partial charge on any atom is -0.380 e. The molecule has 158 valence electrons. The number of halogens is 1. The monoisotopic (exact) mass is 409 g/mol. The Morgan fingerprint density at radius 3 is 2.77 bits per heavy atom. The number of benzene rings is 1. The van der Waals surface area contributed by atoms with Crippen LogP contribution in [0.4, 0.5) is 10.2 Å². The Hall–Kier alpha value is -2.51. The number of hydrogen-bond acceptors (Lipinski definition) is 5. The molecule has 1 aliphatic heterocycles. The van der Waals surface area contributed by atoms with Crippen molar-refractivity contribution < 1.29 is 9.13 Å². The van der Waals surface area contributed by atoms with Crippen LogP contribution in [0.2, 0.25) is 0 Å². The number of fused-ring (bicyclic) bond motifs is 2. The quantitative estimate of drug-likeness (QED) is 0.585. The van der Waals surface area contributed by atoms with Crippen LogP contribution in [0, 0.1) is 5.82 Å². The van der Waals surface area contributed by atoms with E-state index in [1.807, 2.05) is 23.6 Å². The molecule has 6 nitrogen and oxygen atoms in total. The van der Waals surface area contributed by atoms with Gasteiger partial charge in [-0.1, -0.05) is 12.1 Å². The SMILES string of the molecule is CCOCCN1CCN(c2c3c(nc4cc(-c5cccc(F)c5)nn24)CCC3)CC1. The average Bonchev–Trinajstić information content (AvgIpc) is 3.39. The molecule has 0 amide bonds. The zero-order valence-corrected chi connectivity index (χ0v) is 17.5. The Labute approximate surface area is 176 Å². The van der Waals surface area contributed by atoms with Crippen molar-refractivity contribution in [2.75, 3.05) is 50.8 Å². The molecule has 5 rings (SSSR count). The summed E-state index contributed by atoms with van der Waals surface area (Å²) in [6.07, 6.45) is 3.22. The number of ether oxygens (including phenoxy) is 1. The molecule has 0 saturated carbocycles. The van der Waals surface area contributed by atoms with Crippen molar-refractivity contribution in [1.29, 1.82) is 0 Å². The van der Waals surface area contributed by atoms with Crippen LogP contribution in [0.5, 0.6) is 0 Å². The average molecular weight is 410 g/mol. The Morgan fingerprint density at radius 2 is 1.97 bits per heavy atom. The van der Waals surface area contributed by atoms with Gasteiger partial charge in [0.25, 0.3) is 0 Å². The summed E-state index contributed by atoms with van der Waals surface area (Å²) in [6, 6.07) is 8.60. The second-order valence-corrected chi connectivity index (χ2v) is 8.05. The second-order valence-electron chi connectivity index (χ2n) is 8.05. The number of piperazine rings is 1. The van der Waals surface area contributed by atoms with Crippen LogP contribution in [-0.2, 0) is 17.6 Å². The zero-order chi connectivity index (χ0) is 20.5. The van der Waals surface area contributed by atoms with Crippen LogP contribution < -0.4 is 4.90 Å². The molecule has 1 saturated heterocycles. The van der Waals surface area contributed by atoms with Crippen LogP contribution in [-0.4, -0.2) is 65.4 Å². The van der Waals surface area contributed by atoms with Crippen molar-refractivity contribution in [2.24, 2.45) is 0 Å².